The summed E-state index contributed by atoms with van der Waals surface area (Å²) in [5.74, 6) is -0.0966. The van der Waals surface area contributed by atoms with Crippen molar-refractivity contribution in [1.29, 1.82) is 0 Å². The van der Waals surface area contributed by atoms with E-state index in [1.54, 1.807) is 26.8 Å². The second-order valence-electron chi connectivity index (χ2n) is 6.22. The standard InChI is InChI=1S/C16H18ClNO4S/c1-10(19)9-22-14-8-13-11(12(17)5-6-18-13)7-15(14)23(20,21)16(2,3)4/h5-8H,9H2,1-4H3. The molecule has 0 aliphatic heterocycles. The third-order valence-electron chi connectivity index (χ3n) is 3.28. The molecule has 0 saturated heterocycles. The van der Waals surface area contributed by atoms with Gasteiger partial charge in [0.2, 0.25) is 0 Å². The molecule has 0 radical (unpaired) electrons. The van der Waals surface area contributed by atoms with Crippen molar-refractivity contribution >= 4 is 38.1 Å². The minimum absolute atomic E-state index is 0.00801. The van der Waals surface area contributed by atoms with Crippen molar-refractivity contribution in [2.75, 3.05) is 6.61 Å². The van der Waals surface area contributed by atoms with E-state index < -0.39 is 14.6 Å². The molecule has 0 unspecified atom stereocenters. The molecule has 7 heteroatoms. The smallest absolute Gasteiger partial charge is 0.186 e. The summed E-state index contributed by atoms with van der Waals surface area (Å²) in [6.45, 7) is 5.97. The van der Waals surface area contributed by atoms with Crippen molar-refractivity contribution in [3.05, 3.63) is 29.4 Å². The van der Waals surface area contributed by atoms with Crippen molar-refractivity contribution < 1.29 is 17.9 Å². The molecular formula is C16H18ClNO4S. The summed E-state index contributed by atoms with van der Waals surface area (Å²) in [5.41, 5.74) is 0.504. The van der Waals surface area contributed by atoms with E-state index in [0.717, 1.165) is 0 Å². The number of benzene rings is 1. The van der Waals surface area contributed by atoms with Crippen LogP contribution < -0.4 is 4.74 Å². The summed E-state index contributed by atoms with van der Waals surface area (Å²) in [6.07, 6.45) is 1.53. The van der Waals surface area contributed by atoms with Gasteiger partial charge in [0.25, 0.3) is 0 Å². The van der Waals surface area contributed by atoms with Crippen LogP contribution in [0.4, 0.5) is 0 Å². The van der Waals surface area contributed by atoms with Crippen LogP contribution in [0, 0.1) is 0 Å². The van der Waals surface area contributed by atoms with Crippen LogP contribution >= 0.6 is 11.6 Å². The lowest BCUT2D eigenvalue weighted by Crippen LogP contribution is -2.28. The summed E-state index contributed by atoms with van der Waals surface area (Å²) >= 11 is 6.14. The summed E-state index contributed by atoms with van der Waals surface area (Å²) in [4.78, 5) is 15.4. The van der Waals surface area contributed by atoms with Crippen LogP contribution in [0.1, 0.15) is 27.7 Å². The Morgan fingerprint density at radius 3 is 2.52 bits per heavy atom. The molecule has 0 aliphatic rings. The van der Waals surface area contributed by atoms with Crippen molar-refractivity contribution in [2.24, 2.45) is 0 Å². The van der Waals surface area contributed by atoms with Crippen LogP contribution in [0.25, 0.3) is 10.9 Å². The number of fused-ring (bicyclic) bond motifs is 1. The first kappa shape index (κ1) is 17.7. The zero-order chi connectivity index (χ0) is 17.4. The molecule has 0 fully saturated rings. The molecule has 2 aromatic rings. The summed E-state index contributed by atoms with van der Waals surface area (Å²) in [7, 11) is -3.69. The lowest BCUT2D eigenvalue weighted by Gasteiger charge is -2.22. The quantitative estimate of drug-likeness (QED) is 0.840. The molecule has 1 aromatic heterocycles. The van der Waals surface area contributed by atoms with Gasteiger partial charge in [0.1, 0.15) is 17.3 Å². The number of carbonyl (C=O) groups is 1. The molecule has 0 spiro atoms. The van der Waals surface area contributed by atoms with Crippen molar-refractivity contribution in [2.45, 2.75) is 37.3 Å². The van der Waals surface area contributed by atoms with Crippen LogP contribution in [0.3, 0.4) is 0 Å². The number of hydrogen-bond donors (Lipinski definition) is 0. The number of Topliss-reactive ketones (excluding diaryl/α,β-unsaturated/α-hetero) is 1. The Labute approximate surface area is 140 Å². The van der Waals surface area contributed by atoms with Gasteiger partial charge in [-0.15, -0.1) is 0 Å². The molecule has 0 atom stereocenters. The van der Waals surface area contributed by atoms with Gasteiger partial charge in [-0.05, 0) is 39.8 Å². The minimum atomic E-state index is -3.69. The Morgan fingerprint density at radius 2 is 1.96 bits per heavy atom. The van der Waals surface area contributed by atoms with E-state index in [-0.39, 0.29) is 23.0 Å². The average molecular weight is 356 g/mol. The fourth-order valence-electron chi connectivity index (χ4n) is 1.95. The number of halogens is 1. The van der Waals surface area contributed by atoms with E-state index in [1.807, 2.05) is 0 Å². The molecule has 0 saturated carbocycles. The molecule has 2 rings (SSSR count). The summed E-state index contributed by atoms with van der Waals surface area (Å²) < 4.78 is 30.1. The number of sulfone groups is 1. The number of rotatable bonds is 4. The van der Waals surface area contributed by atoms with Gasteiger partial charge in [0, 0.05) is 17.6 Å². The van der Waals surface area contributed by atoms with Crippen LogP contribution in [0.2, 0.25) is 5.02 Å². The molecule has 23 heavy (non-hydrogen) atoms. The normalized spacial score (nSPS) is 12.4. The molecule has 0 amide bonds. The van der Waals surface area contributed by atoms with Gasteiger partial charge in [0.05, 0.1) is 15.3 Å². The van der Waals surface area contributed by atoms with E-state index in [9.17, 15) is 13.2 Å². The van der Waals surface area contributed by atoms with Gasteiger partial charge in [-0.1, -0.05) is 11.6 Å². The zero-order valence-electron chi connectivity index (χ0n) is 13.4. The lowest BCUT2D eigenvalue weighted by atomic mass is 10.2. The maximum Gasteiger partial charge on any atom is 0.186 e. The largest absolute Gasteiger partial charge is 0.484 e. The van der Waals surface area contributed by atoms with Gasteiger partial charge in [-0.3, -0.25) is 9.78 Å². The van der Waals surface area contributed by atoms with Gasteiger partial charge < -0.3 is 4.74 Å². The zero-order valence-corrected chi connectivity index (χ0v) is 15.0. The van der Waals surface area contributed by atoms with E-state index in [0.29, 0.717) is 15.9 Å². The molecule has 5 nitrogen and oxygen atoms in total. The predicted molar refractivity (Wildman–Crippen MR) is 89.9 cm³/mol. The Bertz CT molecular complexity index is 870. The number of hydrogen-bond acceptors (Lipinski definition) is 5. The first-order valence-corrected chi connectivity index (χ1v) is 8.85. The van der Waals surface area contributed by atoms with Crippen LogP contribution in [0.5, 0.6) is 5.75 Å². The van der Waals surface area contributed by atoms with Gasteiger partial charge >= 0.3 is 0 Å². The van der Waals surface area contributed by atoms with E-state index in [1.165, 1.54) is 25.3 Å². The number of aromatic nitrogens is 1. The average Bonchev–Trinajstić information content (AvgIpc) is 2.43. The van der Waals surface area contributed by atoms with Gasteiger partial charge in [0.15, 0.2) is 15.6 Å². The summed E-state index contributed by atoms with van der Waals surface area (Å²) in [5, 5.41) is 0.922. The van der Waals surface area contributed by atoms with E-state index >= 15 is 0 Å². The number of ether oxygens (including phenoxy) is 1. The number of ketones is 1. The highest BCUT2D eigenvalue weighted by Gasteiger charge is 2.34. The SMILES string of the molecule is CC(=O)COc1cc2nccc(Cl)c2cc1S(=O)(=O)C(C)(C)C. The molecule has 1 aromatic carbocycles. The molecule has 0 N–H and O–H groups in total. The third-order valence-corrected chi connectivity index (χ3v) is 6.12. The Morgan fingerprint density at radius 1 is 1.30 bits per heavy atom. The first-order valence-electron chi connectivity index (χ1n) is 6.99. The Hall–Kier alpha value is -1.66. The van der Waals surface area contributed by atoms with Crippen molar-refractivity contribution in [3.63, 3.8) is 0 Å². The first-order chi connectivity index (χ1) is 10.5. The van der Waals surface area contributed by atoms with Crippen LogP contribution in [-0.4, -0.2) is 30.5 Å². The topological polar surface area (TPSA) is 73.3 Å². The molecule has 1 heterocycles. The summed E-state index contributed by atoms with van der Waals surface area (Å²) in [6, 6.07) is 4.55. The number of nitrogens with zero attached hydrogens (tertiary/aromatic N) is 1. The van der Waals surface area contributed by atoms with Crippen molar-refractivity contribution in [3.8, 4) is 5.75 Å². The lowest BCUT2D eigenvalue weighted by molar-refractivity contribution is -0.118. The highest BCUT2D eigenvalue weighted by Crippen LogP contribution is 2.36. The maximum atomic E-state index is 12.8. The van der Waals surface area contributed by atoms with Crippen molar-refractivity contribution in [1.82, 2.24) is 4.98 Å². The third kappa shape index (κ3) is 3.48. The second kappa shape index (κ2) is 6.09. The van der Waals surface area contributed by atoms with Gasteiger partial charge in [-0.25, -0.2) is 8.42 Å². The highest BCUT2D eigenvalue weighted by atomic mass is 35.5. The minimum Gasteiger partial charge on any atom is -0.484 e. The molecule has 124 valence electrons. The van der Waals surface area contributed by atoms with Crippen LogP contribution in [0.15, 0.2) is 29.3 Å². The molecule has 0 bridgehead atoms. The van der Waals surface area contributed by atoms with E-state index in [2.05, 4.69) is 4.98 Å². The highest BCUT2D eigenvalue weighted by molar-refractivity contribution is 7.92. The fraction of sp³-hybridized carbons (Fsp3) is 0.375. The maximum absolute atomic E-state index is 12.8. The monoisotopic (exact) mass is 355 g/mol. The number of carbonyl (C=O) groups excluding carboxylic acids is 1. The van der Waals surface area contributed by atoms with E-state index in [4.69, 9.17) is 16.3 Å². The van der Waals surface area contributed by atoms with Crippen LogP contribution in [-0.2, 0) is 14.6 Å². The molecular weight excluding hydrogens is 338 g/mol. The predicted octanol–water partition coefficient (Wildman–Crippen LogP) is 3.43. The molecule has 0 aliphatic carbocycles. The fourth-order valence-corrected chi connectivity index (χ4v) is 3.48. The van der Waals surface area contributed by atoms with Gasteiger partial charge in [-0.2, -0.15) is 0 Å². The number of pyridine rings is 1. The Balaban J connectivity index is 2.75. The Kier molecular flexibility index (Phi) is 4.69. The second-order valence-corrected chi connectivity index (χ2v) is 9.29.